The smallest absolute Gasteiger partial charge is 0.246 e. The Kier molecular flexibility index (Phi) is 6.56. The van der Waals surface area contributed by atoms with Crippen molar-refractivity contribution in [2.24, 2.45) is 13.0 Å². The molecule has 154 valence electrons. The molecule has 0 aliphatic carbocycles. The van der Waals surface area contributed by atoms with Gasteiger partial charge in [-0.2, -0.15) is 14.5 Å². The fourth-order valence-corrected chi connectivity index (χ4v) is 5.34. The number of sulfonamides is 1. The van der Waals surface area contributed by atoms with Crippen molar-refractivity contribution in [3.05, 3.63) is 28.8 Å². The standard InChI is InChI=1S/C17H25BrN6O3S/c1-13-16(10-20-22(13)2)28(26,27)24-8-3-5-14(11-24)17(25)19-6-4-7-23-12-15(18)9-21-23/h9-10,12,14H,3-8,11H2,1-2H3,(H,19,25)/t14-/m1/s1. The zero-order valence-electron chi connectivity index (χ0n) is 16.0. The number of halogens is 1. The summed E-state index contributed by atoms with van der Waals surface area (Å²) in [4.78, 5) is 12.7. The van der Waals surface area contributed by atoms with E-state index >= 15 is 0 Å². The summed E-state index contributed by atoms with van der Waals surface area (Å²) in [6, 6.07) is 0. The Morgan fingerprint density at radius 1 is 1.36 bits per heavy atom. The number of carbonyl (C=O) groups is 1. The summed E-state index contributed by atoms with van der Waals surface area (Å²) in [5, 5.41) is 11.1. The lowest BCUT2D eigenvalue weighted by atomic mass is 9.99. The number of nitrogens with zero attached hydrogens (tertiary/aromatic N) is 5. The molecule has 28 heavy (non-hydrogen) atoms. The van der Waals surface area contributed by atoms with Crippen molar-refractivity contribution in [2.45, 2.75) is 37.6 Å². The van der Waals surface area contributed by atoms with Crippen LogP contribution in [-0.2, 0) is 28.4 Å². The molecular weight excluding hydrogens is 448 g/mol. The van der Waals surface area contributed by atoms with E-state index in [9.17, 15) is 13.2 Å². The Morgan fingerprint density at radius 2 is 2.14 bits per heavy atom. The molecular formula is C17H25BrN6O3S. The number of piperidine rings is 1. The van der Waals surface area contributed by atoms with Gasteiger partial charge in [-0.3, -0.25) is 14.2 Å². The third kappa shape index (κ3) is 4.64. The maximum Gasteiger partial charge on any atom is 0.246 e. The lowest BCUT2D eigenvalue weighted by Crippen LogP contribution is -2.45. The number of hydrogen-bond acceptors (Lipinski definition) is 5. The fourth-order valence-electron chi connectivity index (χ4n) is 3.30. The molecule has 0 spiro atoms. The van der Waals surface area contributed by atoms with Crippen LogP contribution in [-0.4, -0.2) is 57.8 Å². The van der Waals surface area contributed by atoms with Crippen LogP contribution in [0.3, 0.4) is 0 Å². The van der Waals surface area contributed by atoms with Gasteiger partial charge in [-0.25, -0.2) is 8.42 Å². The molecule has 3 rings (SSSR count). The number of amides is 1. The van der Waals surface area contributed by atoms with Gasteiger partial charge in [0.25, 0.3) is 0 Å². The Bertz CT molecular complexity index is 939. The Morgan fingerprint density at radius 3 is 2.79 bits per heavy atom. The number of rotatable bonds is 7. The average molecular weight is 473 g/mol. The molecule has 1 atom stereocenters. The van der Waals surface area contributed by atoms with Crippen molar-refractivity contribution in [1.29, 1.82) is 0 Å². The summed E-state index contributed by atoms with van der Waals surface area (Å²) in [5.41, 5.74) is 0.594. The van der Waals surface area contributed by atoms with Gasteiger partial charge < -0.3 is 5.32 Å². The predicted molar refractivity (Wildman–Crippen MR) is 107 cm³/mol. The number of aromatic nitrogens is 4. The van der Waals surface area contributed by atoms with Gasteiger partial charge in [0.05, 0.1) is 28.5 Å². The topological polar surface area (TPSA) is 102 Å². The van der Waals surface area contributed by atoms with E-state index in [0.29, 0.717) is 38.2 Å². The van der Waals surface area contributed by atoms with Crippen molar-refractivity contribution in [2.75, 3.05) is 19.6 Å². The van der Waals surface area contributed by atoms with Crippen molar-refractivity contribution < 1.29 is 13.2 Å². The SMILES string of the molecule is Cc1c(S(=O)(=O)N2CCC[C@@H](C(=O)NCCCn3cc(Br)cn3)C2)cnn1C. The molecule has 1 aliphatic rings. The van der Waals surface area contributed by atoms with E-state index in [0.717, 1.165) is 10.9 Å². The van der Waals surface area contributed by atoms with Crippen LogP contribution in [0.4, 0.5) is 0 Å². The summed E-state index contributed by atoms with van der Waals surface area (Å²) < 4.78 is 31.5. The van der Waals surface area contributed by atoms with E-state index in [-0.39, 0.29) is 23.3 Å². The van der Waals surface area contributed by atoms with Crippen molar-refractivity contribution >= 4 is 31.9 Å². The minimum absolute atomic E-state index is 0.0931. The first-order chi connectivity index (χ1) is 13.3. The largest absolute Gasteiger partial charge is 0.356 e. The average Bonchev–Trinajstić information content (AvgIpc) is 3.24. The summed E-state index contributed by atoms with van der Waals surface area (Å²) in [5.74, 6) is -0.427. The van der Waals surface area contributed by atoms with Crippen molar-refractivity contribution in [1.82, 2.24) is 29.2 Å². The molecule has 1 fully saturated rings. The van der Waals surface area contributed by atoms with Gasteiger partial charge in [-0.15, -0.1) is 0 Å². The second-order valence-electron chi connectivity index (χ2n) is 6.99. The second-order valence-corrected chi connectivity index (χ2v) is 9.81. The van der Waals surface area contributed by atoms with Gasteiger partial charge in [-0.1, -0.05) is 0 Å². The van der Waals surface area contributed by atoms with Crippen LogP contribution in [0.5, 0.6) is 0 Å². The highest BCUT2D eigenvalue weighted by Gasteiger charge is 2.34. The number of carbonyl (C=O) groups excluding carboxylic acids is 1. The molecule has 1 amide bonds. The number of hydrogen-bond donors (Lipinski definition) is 1. The van der Waals surface area contributed by atoms with Crippen LogP contribution in [0.25, 0.3) is 0 Å². The lowest BCUT2D eigenvalue weighted by molar-refractivity contribution is -0.126. The maximum absolute atomic E-state index is 12.9. The van der Waals surface area contributed by atoms with Gasteiger partial charge in [0.1, 0.15) is 4.90 Å². The molecule has 11 heteroatoms. The van der Waals surface area contributed by atoms with E-state index in [1.165, 1.54) is 10.5 Å². The van der Waals surface area contributed by atoms with Gasteiger partial charge in [0, 0.05) is 39.4 Å². The first-order valence-electron chi connectivity index (χ1n) is 9.23. The summed E-state index contributed by atoms with van der Waals surface area (Å²) in [6.07, 6.45) is 7.09. The first kappa shape index (κ1) is 21.0. The molecule has 0 saturated carbocycles. The Labute approximate surface area is 173 Å². The number of aryl methyl sites for hydroxylation is 2. The molecule has 1 aliphatic heterocycles. The fraction of sp³-hybridized carbons (Fsp3) is 0.588. The molecule has 1 saturated heterocycles. The Balaban J connectivity index is 1.53. The molecule has 0 bridgehead atoms. The van der Waals surface area contributed by atoms with Crippen LogP contribution < -0.4 is 5.32 Å². The molecule has 9 nitrogen and oxygen atoms in total. The van der Waals surface area contributed by atoms with Gasteiger partial charge in [0.2, 0.25) is 15.9 Å². The highest BCUT2D eigenvalue weighted by molar-refractivity contribution is 9.10. The first-order valence-corrected chi connectivity index (χ1v) is 11.5. The zero-order valence-corrected chi connectivity index (χ0v) is 18.4. The molecule has 0 radical (unpaired) electrons. The quantitative estimate of drug-likeness (QED) is 0.611. The Hall–Kier alpha value is -1.72. The van der Waals surface area contributed by atoms with Gasteiger partial charge >= 0.3 is 0 Å². The minimum atomic E-state index is -3.64. The molecule has 2 aromatic rings. The van der Waals surface area contributed by atoms with E-state index in [1.807, 2.05) is 6.20 Å². The van der Waals surface area contributed by atoms with Crippen molar-refractivity contribution in [3.63, 3.8) is 0 Å². The predicted octanol–water partition coefficient (Wildman–Crippen LogP) is 1.29. The molecule has 2 aromatic heterocycles. The van der Waals surface area contributed by atoms with E-state index < -0.39 is 10.0 Å². The highest BCUT2D eigenvalue weighted by atomic mass is 79.9. The van der Waals surface area contributed by atoms with Crippen LogP contribution >= 0.6 is 15.9 Å². The number of nitrogens with one attached hydrogen (secondary N) is 1. The summed E-state index contributed by atoms with van der Waals surface area (Å²) in [7, 11) is -1.93. The minimum Gasteiger partial charge on any atom is -0.356 e. The summed E-state index contributed by atoms with van der Waals surface area (Å²) in [6.45, 7) is 3.59. The third-order valence-electron chi connectivity index (χ3n) is 5.03. The molecule has 1 N–H and O–H groups in total. The van der Waals surface area contributed by atoms with E-state index in [4.69, 9.17) is 0 Å². The normalized spacial score (nSPS) is 18.3. The second kappa shape index (κ2) is 8.75. The molecule has 0 aromatic carbocycles. The summed E-state index contributed by atoms with van der Waals surface area (Å²) >= 11 is 3.35. The lowest BCUT2D eigenvalue weighted by Gasteiger charge is -2.31. The third-order valence-corrected chi connectivity index (χ3v) is 7.41. The monoisotopic (exact) mass is 472 g/mol. The van der Waals surface area contributed by atoms with Gasteiger partial charge in [0.15, 0.2) is 0 Å². The maximum atomic E-state index is 12.9. The molecule has 3 heterocycles. The highest BCUT2D eigenvalue weighted by Crippen LogP contribution is 2.25. The zero-order chi connectivity index (χ0) is 20.3. The van der Waals surface area contributed by atoms with Crippen LogP contribution in [0.15, 0.2) is 28.0 Å². The van der Waals surface area contributed by atoms with Crippen molar-refractivity contribution in [3.8, 4) is 0 Å². The van der Waals surface area contributed by atoms with Crippen LogP contribution in [0.2, 0.25) is 0 Å². The molecule has 0 unspecified atom stereocenters. The van der Waals surface area contributed by atoms with Gasteiger partial charge in [-0.05, 0) is 42.1 Å². The van der Waals surface area contributed by atoms with E-state index in [2.05, 4.69) is 31.4 Å². The van der Waals surface area contributed by atoms with Crippen LogP contribution in [0, 0.1) is 12.8 Å². The van der Waals surface area contributed by atoms with Crippen LogP contribution in [0.1, 0.15) is 25.0 Å². The van der Waals surface area contributed by atoms with E-state index in [1.54, 1.807) is 29.5 Å².